The molecule has 0 spiro atoms. The SMILES string of the molecule is C=C(N=C(C)c1ccccc1)c1ccc2c(-c3ccccc3)c3cc(-c4ccc5ccccc5c4)ccc3c(-c3ccccc3)c2c1.C=C/C=C(\C=C)C(=C)C. The van der Waals surface area contributed by atoms with Gasteiger partial charge in [-0.2, -0.15) is 0 Å². The largest absolute Gasteiger partial charge is 0.253 e. The molecule has 0 radical (unpaired) electrons. The van der Waals surface area contributed by atoms with Crippen LogP contribution in [0.3, 0.4) is 0 Å². The van der Waals surface area contributed by atoms with E-state index in [1.807, 2.05) is 38.1 Å². The number of nitrogens with zero attached hydrogens (tertiary/aromatic N) is 1. The van der Waals surface area contributed by atoms with E-state index in [1.54, 1.807) is 12.2 Å². The second-order valence-electron chi connectivity index (χ2n) is 13.9. The molecule has 0 bridgehead atoms. The Labute approximate surface area is 331 Å². The number of rotatable bonds is 9. The maximum absolute atomic E-state index is 4.96. The average Bonchev–Trinajstić information content (AvgIpc) is 3.25. The molecule has 0 atom stereocenters. The summed E-state index contributed by atoms with van der Waals surface area (Å²) >= 11 is 0. The minimum atomic E-state index is 0.750. The summed E-state index contributed by atoms with van der Waals surface area (Å²) < 4.78 is 0. The lowest BCUT2D eigenvalue weighted by atomic mass is 9.84. The van der Waals surface area contributed by atoms with Crippen molar-refractivity contribution < 1.29 is 0 Å². The van der Waals surface area contributed by atoms with Crippen LogP contribution in [0.5, 0.6) is 0 Å². The first-order valence-electron chi connectivity index (χ1n) is 18.9. The zero-order valence-corrected chi connectivity index (χ0v) is 32.2. The first-order chi connectivity index (χ1) is 27.4. The average molecular weight is 720 g/mol. The number of fused-ring (bicyclic) bond motifs is 3. The summed E-state index contributed by atoms with van der Waals surface area (Å²) in [7, 11) is 0. The van der Waals surface area contributed by atoms with E-state index >= 15 is 0 Å². The fourth-order valence-corrected chi connectivity index (χ4v) is 7.31. The van der Waals surface area contributed by atoms with Gasteiger partial charge in [-0.1, -0.05) is 202 Å². The predicted octanol–water partition coefficient (Wildman–Crippen LogP) is 15.5. The lowest BCUT2D eigenvalue weighted by molar-refractivity contribution is 1.46. The molecule has 56 heavy (non-hydrogen) atoms. The lowest BCUT2D eigenvalue weighted by Crippen LogP contribution is -1.96. The molecular formula is C55H45N. The molecule has 0 aliphatic carbocycles. The van der Waals surface area contributed by atoms with E-state index in [-0.39, 0.29) is 0 Å². The van der Waals surface area contributed by atoms with Gasteiger partial charge in [-0.15, -0.1) is 0 Å². The number of benzene rings is 8. The summed E-state index contributed by atoms with van der Waals surface area (Å²) in [6.07, 6.45) is 5.38. The van der Waals surface area contributed by atoms with E-state index in [1.165, 1.54) is 65.7 Å². The van der Waals surface area contributed by atoms with Crippen molar-refractivity contribution in [2.24, 2.45) is 4.99 Å². The van der Waals surface area contributed by atoms with E-state index in [0.29, 0.717) is 0 Å². The highest BCUT2D eigenvalue weighted by atomic mass is 14.7. The van der Waals surface area contributed by atoms with E-state index < -0.39 is 0 Å². The quantitative estimate of drug-likeness (QED) is 0.0800. The minimum Gasteiger partial charge on any atom is -0.253 e. The molecular weight excluding hydrogens is 675 g/mol. The van der Waals surface area contributed by atoms with E-state index in [4.69, 9.17) is 4.99 Å². The molecule has 8 aromatic carbocycles. The van der Waals surface area contributed by atoms with Gasteiger partial charge >= 0.3 is 0 Å². The Bertz CT molecular complexity index is 2800. The maximum atomic E-state index is 4.96. The Morgan fingerprint density at radius 1 is 0.464 bits per heavy atom. The summed E-state index contributed by atoms with van der Waals surface area (Å²) in [5.41, 5.74) is 13.1. The van der Waals surface area contributed by atoms with E-state index in [9.17, 15) is 0 Å². The van der Waals surface area contributed by atoms with Gasteiger partial charge in [0.25, 0.3) is 0 Å². The van der Waals surface area contributed by atoms with Crippen LogP contribution < -0.4 is 0 Å². The second kappa shape index (κ2) is 16.9. The zero-order chi connectivity index (χ0) is 39.0. The van der Waals surface area contributed by atoms with Crippen molar-refractivity contribution in [1.82, 2.24) is 0 Å². The maximum Gasteiger partial charge on any atom is 0.0633 e. The van der Waals surface area contributed by atoms with Crippen LogP contribution in [0.2, 0.25) is 0 Å². The van der Waals surface area contributed by atoms with Gasteiger partial charge < -0.3 is 0 Å². The van der Waals surface area contributed by atoms with Crippen LogP contribution in [0.25, 0.3) is 71.4 Å². The van der Waals surface area contributed by atoms with Gasteiger partial charge in [0.05, 0.1) is 5.70 Å². The second-order valence-corrected chi connectivity index (χ2v) is 13.9. The molecule has 1 heteroatoms. The highest BCUT2D eigenvalue weighted by molar-refractivity contribution is 6.22. The van der Waals surface area contributed by atoms with Crippen molar-refractivity contribution in [2.75, 3.05) is 0 Å². The van der Waals surface area contributed by atoms with Crippen LogP contribution in [-0.2, 0) is 0 Å². The highest BCUT2D eigenvalue weighted by Gasteiger charge is 2.18. The van der Waals surface area contributed by atoms with E-state index in [2.05, 4.69) is 178 Å². The standard InChI is InChI=1S/C46H33N.C9H12/c1-31(33-14-6-3-7-15-33)47-32(2)37-24-26-41-43(29-37)45(35-17-8-4-9-18-35)42-27-25-40(30-44(42)46(41)36-19-10-5-11-20-36)39-23-22-34-16-12-13-21-38(34)28-39;1-5-7-9(6-2)8(3)4/h3-30H,2H2,1H3;5-7H,1-3H2,4H3/b;9-7+. The Balaban J connectivity index is 0.000000478. The van der Waals surface area contributed by atoms with Crippen LogP contribution in [0.15, 0.2) is 231 Å². The molecule has 0 N–H and O–H groups in total. The fourth-order valence-electron chi connectivity index (χ4n) is 7.31. The van der Waals surface area contributed by atoms with Gasteiger partial charge in [0.15, 0.2) is 0 Å². The highest BCUT2D eigenvalue weighted by Crippen LogP contribution is 2.45. The zero-order valence-electron chi connectivity index (χ0n) is 32.2. The first kappa shape index (κ1) is 37.2. The molecule has 0 heterocycles. The van der Waals surface area contributed by atoms with Gasteiger partial charge in [0.1, 0.15) is 0 Å². The van der Waals surface area contributed by atoms with Gasteiger partial charge in [0.2, 0.25) is 0 Å². The molecule has 0 aliphatic heterocycles. The Kier molecular flexibility index (Phi) is 11.3. The fraction of sp³-hybridized carbons (Fsp3) is 0.0364. The summed E-state index contributed by atoms with van der Waals surface area (Å²) in [6.45, 7) is 19.4. The molecule has 8 aromatic rings. The normalized spacial score (nSPS) is 11.5. The molecule has 0 fully saturated rings. The summed E-state index contributed by atoms with van der Waals surface area (Å²) in [4.78, 5) is 4.96. The third-order valence-corrected chi connectivity index (χ3v) is 10.2. The molecule has 270 valence electrons. The summed E-state index contributed by atoms with van der Waals surface area (Å²) in [6, 6.07) is 60.8. The van der Waals surface area contributed by atoms with Crippen LogP contribution in [0.4, 0.5) is 0 Å². The monoisotopic (exact) mass is 719 g/mol. The van der Waals surface area contributed by atoms with Gasteiger partial charge in [0, 0.05) is 11.3 Å². The van der Waals surface area contributed by atoms with Crippen molar-refractivity contribution in [1.29, 1.82) is 0 Å². The predicted molar refractivity (Wildman–Crippen MR) is 246 cm³/mol. The topological polar surface area (TPSA) is 12.4 Å². The van der Waals surface area contributed by atoms with Crippen LogP contribution >= 0.6 is 0 Å². The van der Waals surface area contributed by atoms with Crippen LogP contribution in [0.1, 0.15) is 25.0 Å². The van der Waals surface area contributed by atoms with Gasteiger partial charge in [-0.3, -0.25) is 4.99 Å². The molecule has 8 rings (SSSR count). The van der Waals surface area contributed by atoms with Crippen molar-refractivity contribution in [3.05, 3.63) is 237 Å². The van der Waals surface area contributed by atoms with Gasteiger partial charge in [-0.25, -0.2) is 0 Å². The summed E-state index contributed by atoms with van der Waals surface area (Å²) in [5.74, 6) is 0. The minimum absolute atomic E-state index is 0.750. The van der Waals surface area contributed by atoms with Crippen molar-refractivity contribution >= 4 is 43.7 Å². The van der Waals surface area contributed by atoms with Crippen molar-refractivity contribution in [3.63, 3.8) is 0 Å². The molecule has 0 saturated heterocycles. The molecule has 0 aliphatic rings. The van der Waals surface area contributed by atoms with Crippen LogP contribution in [0, 0.1) is 0 Å². The Hall–Kier alpha value is -7.09. The van der Waals surface area contributed by atoms with Crippen molar-refractivity contribution in [3.8, 4) is 33.4 Å². The van der Waals surface area contributed by atoms with Crippen molar-refractivity contribution in [2.45, 2.75) is 13.8 Å². The molecule has 1 nitrogen and oxygen atoms in total. The number of hydrogen-bond acceptors (Lipinski definition) is 1. The smallest absolute Gasteiger partial charge is 0.0633 e. The number of aliphatic imine (C=N–C) groups is 1. The Morgan fingerprint density at radius 3 is 1.55 bits per heavy atom. The van der Waals surface area contributed by atoms with Gasteiger partial charge in [-0.05, 0) is 109 Å². The first-order valence-corrected chi connectivity index (χ1v) is 18.9. The molecule has 0 amide bonds. The molecule has 0 aromatic heterocycles. The number of allylic oxidation sites excluding steroid dienone is 5. The van der Waals surface area contributed by atoms with E-state index in [0.717, 1.165) is 33.7 Å². The lowest BCUT2D eigenvalue weighted by Gasteiger charge is -2.19. The summed E-state index contributed by atoms with van der Waals surface area (Å²) in [5, 5.41) is 7.34. The van der Waals surface area contributed by atoms with Crippen LogP contribution in [-0.4, -0.2) is 5.71 Å². The molecule has 0 unspecified atom stereocenters. The third-order valence-electron chi connectivity index (χ3n) is 10.2. The Morgan fingerprint density at radius 2 is 0.982 bits per heavy atom. The third kappa shape index (κ3) is 7.89. The molecule has 0 saturated carbocycles. The number of hydrogen-bond donors (Lipinski definition) is 0.